The van der Waals surface area contributed by atoms with Crippen LogP contribution in [-0.4, -0.2) is 28.0 Å². The highest BCUT2D eigenvalue weighted by Gasteiger charge is 2.10. The third kappa shape index (κ3) is 2.75. The van der Waals surface area contributed by atoms with Gasteiger partial charge in [0, 0.05) is 6.20 Å². The molecule has 0 radical (unpaired) electrons. The maximum Gasteiger partial charge on any atom is 0.358 e. The molecule has 0 spiro atoms. The summed E-state index contributed by atoms with van der Waals surface area (Å²) in [6.45, 7) is 0. The van der Waals surface area contributed by atoms with Crippen LogP contribution in [0.4, 0.5) is 5.69 Å². The Morgan fingerprint density at radius 2 is 2.28 bits per heavy atom. The lowest BCUT2D eigenvalue weighted by Gasteiger charge is -2.03. The summed E-state index contributed by atoms with van der Waals surface area (Å²) in [5.41, 5.74) is 6.47. The van der Waals surface area contributed by atoms with E-state index in [2.05, 4.69) is 19.7 Å². The van der Waals surface area contributed by atoms with E-state index in [1.165, 1.54) is 31.3 Å². The van der Waals surface area contributed by atoms with E-state index in [0.717, 1.165) is 0 Å². The molecule has 2 aromatic rings. The van der Waals surface area contributed by atoms with Gasteiger partial charge in [-0.3, -0.25) is 4.98 Å². The maximum atomic E-state index is 11.3. The fraction of sp³-hybridized carbons (Fsp3) is 0.0909. The van der Waals surface area contributed by atoms with E-state index in [4.69, 9.17) is 5.73 Å². The summed E-state index contributed by atoms with van der Waals surface area (Å²) in [4.78, 5) is 23.5. The van der Waals surface area contributed by atoms with Crippen molar-refractivity contribution in [2.75, 3.05) is 12.8 Å². The summed E-state index contributed by atoms with van der Waals surface area (Å²) in [5, 5.41) is 1.15. The fourth-order valence-corrected chi connectivity index (χ4v) is 1.94. The fourth-order valence-electron chi connectivity index (χ4n) is 1.19. The average Bonchev–Trinajstić information content (AvgIpc) is 2.41. The highest BCUT2D eigenvalue weighted by atomic mass is 32.2. The summed E-state index contributed by atoms with van der Waals surface area (Å²) >= 11 is 1.24. The largest absolute Gasteiger partial charge is 0.464 e. The van der Waals surface area contributed by atoms with Crippen molar-refractivity contribution >= 4 is 23.4 Å². The number of hydrogen-bond acceptors (Lipinski definition) is 7. The molecule has 6 nitrogen and oxygen atoms in total. The smallest absolute Gasteiger partial charge is 0.358 e. The Morgan fingerprint density at radius 3 is 3.00 bits per heavy atom. The molecule has 2 heterocycles. The molecule has 0 bridgehead atoms. The molecule has 0 aliphatic heterocycles. The number of aromatic nitrogens is 3. The average molecular weight is 262 g/mol. The van der Waals surface area contributed by atoms with Crippen molar-refractivity contribution in [3.8, 4) is 0 Å². The van der Waals surface area contributed by atoms with Gasteiger partial charge in [-0.15, -0.1) is 0 Å². The minimum atomic E-state index is -0.529. The SMILES string of the molecule is COC(=O)c1cncc(Sc2ncccc2N)n1. The van der Waals surface area contributed by atoms with Crippen LogP contribution in [0.1, 0.15) is 10.5 Å². The molecule has 0 unspecified atom stereocenters. The third-order valence-corrected chi connectivity index (χ3v) is 2.95. The van der Waals surface area contributed by atoms with Crippen molar-refractivity contribution in [1.82, 2.24) is 15.0 Å². The first-order valence-corrected chi connectivity index (χ1v) is 5.81. The standard InChI is InChI=1S/C11H10N4O2S/c1-17-11(16)8-5-13-6-9(15-8)18-10-7(12)3-2-4-14-10/h2-6H,12H2,1H3. The Balaban J connectivity index is 2.25. The topological polar surface area (TPSA) is 91.0 Å². The molecule has 0 aromatic carbocycles. The summed E-state index contributed by atoms with van der Waals surface area (Å²) in [7, 11) is 1.29. The van der Waals surface area contributed by atoms with Gasteiger partial charge >= 0.3 is 5.97 Å². The molecule has 0 saturated carbocycles. The van der Waals surface area contributed by atoms with E-state index in [1.54, 1.807) is 18.3 Å². The predicted octanol–water partition coefficient (Wildman–Crippen LogP) is 1.39. The molecule has 0 aliphatic carbocycles. The van der Waals surface area contributed by atoms with Gasteiger partial charge in [-0.2, -0.15) is 0 Å². The number of nitrogens with zero attached hydrogens (tertiary/aromatic N) is 3. The predicted molar refractivity (Wildman–Crippen MR) is 66.1 cm³/mol. The van der Waals surface area contributed by atoms with Gasteiger partial charge < -0.3 is 10.5 Å². The van der Waals surface area contributed by atoms with Crippen molar-refractivity contribution < 1.29 is 9.53 Å². The van der Waals surface area contributed by atoms with Crippen molar-refractivity contribution in [2.24, 2.45) is 0 Å². The van der Waals surface area contributed by atoms with Crippen LogP contribution in [-0.2, 0) is 4.74 Å². The van der Waals surface area contributed by atoms with Crippen LogP contribution in [0.5, 0.6) is 0 Å². The van der Waals surface area contributed by atoms with Crippen LogP contribution >= 0.6 is 11.8 Å². The number of carbonyl (C=O) groups is 1. The summed E-state index contributed by atoms with van der Waals surface area (Å²) in [6, 6.07) is 3.49. The van der Waals surface area contributed by atoms with Crippen LogP contribution in [0.3, 0.4) is 0 Å². The van der Waals surface area contributed by atoms with E-state index in [1.807, 2.05) is 0 Å². The number of esters is 1. The number of anilines is 1. The second-order valence-electron chi connectivity index (χ2n) is 3.23. The Hall–Kier alpha value is -2.15. The van der Waals surface area contributed by atoms with Crippen molar-refractivity contribution in [2.45, 2.75) is 10.1 Å². The van der Waals surface area contributed by atoms with Gasteiger partial charge in [0.15, 0.2) is 5.69 Å². The molecule has 18 heavy (non-hydrogen) atoms. The summed E-state index contributed by atoms with van der Waals surface area (Å²) in [5.74, 6) is -0.529. The molecular weight excluding hydrogens is 252 g/mol. The highest BCUT2D eigenvalue weighted by Crippen LogP contribution is 2.27. The normalized spacial score (nSPS) is 10.1. The Labute approximate surface area is 108 Å². The summed E-state index contributed by atoms with van der Waals surface area (Å²) in [6.07, 6.45) is 4.51. The van der Waals surface area contributed by atoms with Crippen molar-refractivity contribution in [1.29, 1.82) is 0 Å². The Morgan fingerprint density at radius 1 is 1.44 bits per heavy atom. The molecule has 2 aromatic heterocycles. The first kappa shape index (κ1) is 12.3. The maximum absolute atomic E-state index is 11.3. The van der Waals surface area contributed by atoms with E-state index < -0.39 is 5.97 Å². The van der Waals surface area contributed by atoms with Gasteiger partial charge in [0.25, 0.3) is 0 Å². The van der Waals surface area contributed by atoms with E-state index in [0.29, 0.717) is 15.7 Å². The highest BCUT2D eigenvalue weighted by molar-refractivity contribution is 7.99. The minimum absolute atomic E-state index is 0.150. The molecule has 2 N–H and O–H groups in total. The molecule has 0 amide bonds. The molecular formula is C11H10N4O2S. The lowest BCUT2D eigenvalue weighted by atomic mass is 10.4. The number of ether oxygens (including phenoxy) is 1. The third-order valence-electron chi connectivity index (χ3n) is 2.01. The molecule has 0 atom stereocenters. The van der Waals surface area contributed by atoms with Gasteiger partial charge in [0.2, 0.25) is 0 Å². The van der Waals surface area contributed by atoms with Crippen molar-refractivity contribution in [3.63, 3.8) is 0 Å². The zero-order valence-corrected chi connectivity index (χ0v) is 10.3. The molecule has 0 saturated heterocycles. The Kier molecular flexibility index (Phi) is 3.73. The number of hydrogen-bond donors (Lipinski definition) is 1. The van der Waals surface area contributed by atoms with Crippen LogP contribution in [0.2, 0.25) is 0 Å². The van der Waals surface area contributed by atoms with Gasteiger partial charge in [-0.1, -0.05) is 0 Å². The number of rotatable bonds is 3. The van der Waals surface area contributed by atoms with Gasteiger partial charge in [-0.25, -0.2) is 14.8 Å². The zero-order chi connectivity index (χ0) is 13.0. The Bertz CT molecular complexity index is 576. The van der Waals surface area contributed by atoms with Crippen LogP contribution in [0.15, 0.2) is 40.8 Å². The minimum Gasteiger partial charge on any atom is -0.464 e. The van der Waals surface area contributed by atoms with Gasteiger partial charge in [0.1, 0.15) is 10.1 Å². The lowest BCUT2D eigenvalue weighted by molar-refractivity contribution is 0.0592. The first-order chi connectivity index (χ1) is 8.70. The zero-order valence-electron chi connectivity index (χ0n) is 9.53. The quantitative estimate of drug-likeness (QED) is 0.836. The number of nitrogen functional groups attached to an aromatic ring is 1. The van der Waals surface area contributed by atoms with E-state index in [9.17, 15) is 4.79 Å². The molecule has 7 heteroatoms. The van der Waals surface area contributed by atoms with Crippen molar-refractivity contribution in [3.05, 3.63) is 36.4 Å². The second kappa shape index (κ2) is 5.46. The molecule has 92 valence electrons. The second-order valence-corrected chi connectivity index (χ2v) is 4.24. The summed E-state index contributed by atoms with van der Waals surface area (Å²) < 4.78 is 4.57. The first-order valence-electron chi connectivity index (χ1n) is 4.99. The van der Waals surface area contributed by atoms with E-state index >= 15 is 0 Å². The number of pyridine rings is 1. The van der Waals surface area contributed by atoms with Crippen LogP contribution in [0, 0.1) is 0 Å². The van der Waals surface area contributed by atoms with Crippen LogP contribution in [0.25, 0.3) is 0 Å². The molecule has 0 aliphatic rings. The molecule has 0 fully saturated rings. The van der Waals surface area contributed by atoms with Gasteiger partial charge in [-0.05, 0) is 23.9 Å². The molecule has 2 rings (SSSR count). The lowest BCUT2D eigenvalue weighted by Crippen LogP contribution is -2.05. The monoisotopic (exact) mass is 262 g/mol. The van der Waals surface area contributed by atoms with E-state index in [-0.39, 0.29) is 5.69 Å². The number of nitrogens with two attached hydrogens (primary N) is 1. The van der Waals surface area contributed by atoms with Crippen LogP contribution < -0.4 is 5.73 Å². The van der Waals surface area contributed by atoms with Gasteiger partial charge in [0.05, 0.1) is 25.2 Å². The number of carbonyl (C=O) groups excluding carboxylic acids is 1. The number of methoxy groups -OCH3 is 1.